The summed E-state index contributed by atoms with van der Waals surface area (Å²) in [7, 11) is 0. The second-order valence-corrected chi connectivity index (χ2v) is 5.02. The highest BCUT2D eigenvalue weighted by atomic mass is 79.9. The molecule has 1 aromatic carbocycles. The molecule has 0 spiro atoms. The molecule has 0 bridgehead atoms. The van der Waals surface area contributed by atoms with Gasteiger partial charge >= 0.3 is 5.97 Å². The molecule has 0 aliphatic rings. The normalized spacial score (nSPS) is 12.6. The topological polar surface area (TPSA) is 49.3 Å². The Kier molecular flexibility index (Phi) is 4.35. The molecule has 0 aliphatic heterocycles. The lowest BCUT2D eigenvalue weighted by molar-refractivity contribution is -0.138. The van der Waals surface area contributed by atoms with E-state index in [1.54, 1.807) is 0 Å². The third-order valence-electron chi connectivity index (χ3n) is 2.41. The molecule has 88 valence electrons. The number of hydrogen-bond donors (Lipinski definition) is 2. The predicted octanol–water partition coefficient (Wildman–Crippen LogP) is 3.28. The van der Waals surface area contributed by atoms with Crippen molar-refractivity contribution in [3.8, 4) is 0 Å². The zero-order valence-electron chi connectivity index (χ0n) is 9.62. The average molecular weight is 286 g/mol. The maximum atomic E-state index is 11.0. The highest BCUT2D eigenvalue weighted by Crippen LogP contribution is 2.21. The van der Waals surface area contributed by atoms with Gasteiger partial charge in [-0.25, -0.2) is 4.79 Å². The van der Waals surface area contributed by atoms with Crippen LogP contribution in [0, 0.1) is 12.8 Å². The van der Waals surface area contributed by atoms with Gasteiger partial charge in [-0.3, -0.25) is 0 Å². The van der Waals surface area contributed by atoms with Crippen LogP contribution in [0.25, 0.3) is 0 Å². The Bertz CT molecular complexity index is 391. The zero-order valence-corrected chi connectivity index (χ0v) is 11.2. The number of aliphatic carboxylic acids is 1. The highest BCUT2D eigenvalue weighted by Gasteiger charge is 2.20. The van der Waals surface area contributed by atoms with Crippen LogP contribution in [-0.2, 0) is 4.79 Å². The predicted molar refractivity (Wildman–Crippen MR) is 68.8 cm³/mol. The largest absolute Gasteiger partial charge is 0.480 e. The number of anilines is 1. The monoisotopic (exact) mass is 285 g/mol. The van der Waals surface area contributed by atoms with Crippen molar-refractivity contribution in [3.63, 3.8) is 0 Å². The Morgan fingerprint density at radius 3 is 2.50 bits per heavy atom. The van der Waals surface area contributed by atoms with Gasteiger partial charge in [0.2, 0.25) is 0 Å². The maximum absolute atomic E-state index is 11.0. The van der Waals surface area contributed by atoms with Crippen LogP contribution in [0.1, 0.15) is 19.4 Å². The van der Waals surface area contributed by atoms with Gasteiger partial charge in [0.15, 0.2) is 0 Å². The van der Waals surface area contributed by atoms with Crippen molar-refractivity contribution in [2.45, 2.75) is 26.8 Å². The first kappa shape index (κ1) is 13.0. The number of halogens is 1. The molecule has 0 saturated heterocycles. The second-order valence-electron chi connectivity index (χ2n) is 4.17. The van der Waals surface area contributed by atoms with Crippen molar-refractivity contribution in [2.24, 2.45) is 5.92 Å². The molecule has 0 radical (unpaired) electrons. The van der Waals surface area contributed by atoms with Crippen LogP contribution in [0.3, 0.4) is 0 Å². The Hall–Kier alpha value is -1.03. The Morgan fingerprint density at radius 2 is 2.06 bits per heavy atom. The van der Waals surface area contributed by atoms with Crippen molar-refractivity contribution in [1.82, 2.24) is 0 Å². The minimum absolute atomic E-state index is 0.0430. The standard InChI is InChI=1S/C12H16BrNO2/c1-7(2)11(12(15)16)14-9-4-5-10(13)8(3)6-9/h4-7,11,14H,1-3H3,(H,15,16)/t11-/m0/s1. The van der Waals surface area contributed by atoms with Crippen LogP contribution in [-0.4, -0.2) is 17.1 Å². The quantitative estimate of drug-likeness (QED) is 0.893. The SMILES string of the molecule is Cc1cc(N[C@H](C(=O)O)C(C)C)ccc1Br. The van der Waals surface area contributed by atoms with Gasteiger partial charge in [0.1, 0.15) is 6.04 Å². The molecule has 0 saturated carbocycles. The fourth-order valence-electron chi connectivity index (χ4n) is 1.43. The third kappa shape index (κ3) is 3.23. The Labute approximate surface area is 104 Å². The van der Waals surface area contributed by atoms with Gasteiger partial charge in [0, 0.05) is 10.2 Å². The fourth-order valence-corrected chi connectivity index (χ4v) is 1.67. The van der Waals surface area contributed by atoms with E-state index < -0.39 is 12.0 Å². The summed E-state index contributed by atoms with van der Waals surface area (Å²) in [5.74, 6) is -0.781. The number of rotatable bonds is 4. The highest BCUT2D eigenvalue weighted by molar-refractivity contribution is 9.10. The minimum Gasteiger partial charge on any atom is -0.480 e. The van der Waals surface area contributed by atoms with Crippen LogP contribution in [0.15, 0.2) is 22.7 Å². The molecule has 0 aliphatic carbocycles. The van der Waals surface area contributed by atoms with E-state index in [1.165, 1.54) is 0 Å². The molecule has 0 fully saturated rings. The molecule has 1 rings (SSSR count). The molecule has 0 amide bonds. The van der Waals surface area contributed by atoms with E-state index in [4.69, 9.17) is 5.11 Å². The van der Waals surface area contributed by atoms with Crippen LogP contribution < -0.4 is 5.32 Å². The van der Waals surface area contributed by atoms with E-state index in [2.05, 4.69) is 21.2 Å². The second kappa shape index (κ2) is 5.34. The molecule has 2 N–H and O–H groups in total. The smallest absolute Gasteiger partial charge is 0.326 e. The molecule has 16 heavy (non-hydrogen) atoms. The zero-order chi connectivity index (χ0) is 12.3. The number of hydrogen-bond acceptors (Lipinski definition) is 2. The summed E-state index contributed by atoms with van der Waals surface area (Å²) < 4.78 is 1.02. The number of nitrogens with one attached hydrogen (secondary N) is 1. The van der Waals surface area contributed by atoms with Crippen LogP contribution in [0.5, 0.6) is 0 Å². The van der Waals surface area contributed by atoms with E-state index in [0.717, 1.165) is 15.7 Å². The molecule has 3 nitrogen and oxygen atoms in total. The minimum atomic E-state index is -0.824. The molecule has 0 aromatic heterocycles. The lowest BCUT2D eigenvalue weighted by Gasteiger charge is -2.19. The number of carbonyl (C=O) groups is 1. The lowest BCUT2D eigenvalue weighted by atomic mass is 10.0. The Balaban J connectivity index is 2.86. The van der Waals surface area contributed by atoms with Crippen molar-refractivity contribution in [2.75, 3.05) is 5.32 Å². The van der Waals surface area contributed by atoms with Crippen molar-refractivity contribution < 1.29 is 9.90 Å². The summed E-state index contributed by atoms with van der Waals surface area (Å²) in [6.07, 6.45) is 0. The van der Waals surface area contributed by atoms with Crippen molar-refractivity contribution >= 4 is 27.6 Å². The lowest BCUT2D eigenvalue weighted by Crippen LogP contribution is -2.34. The van der Waals surface area contributed by atoms with Crippen LogP contribution in [0.4, 0.5) is 5.69 Å². The summed E-state index contributed by atoms with van der Waals surface area (Å²) in [6.45, 7) is 5.75. The molecule has 1 aromatic rings. The van der Waals surface area contributed by atoms with Crippen molar-refractivity contribution in [3.05, 3.63) is 28.2 Å². The first-order chi connectivity index (χ1) is 7.41. The Morgan fingerprint density at radius 1 is 1.44 bits per heavy atom. The van der Waals surface area contributed by atoms with E-state index >= 15 is 0 Å². The molecule has 0 unspecified atom stereocenters. The van der Waals surface area contributed by atoms with Gasteiger partial charge in [-0.1, -0.05) is 29.8 Å². The van der Waals surface area contributed by atoms with E-state index in [0.29, 0.717) is 0 Å². The molecular weight excluding hydrogens is 270 g/mol. The fraction of sp³-hybridized carbons (Fsp3) is 0.417. The average Bonchev–Trinajstić information content (AvgIpc) is 2.18. The number of aryl methyl sites for hydroxylation is 1. The molecule has 4 heteroatoms. The van der Waals surface area contributed by atoms with E-state index in [1.807, 2.05) is 39.0 Å². The molecule has 1 atom stereocenters. The van der Waals surface area contributed by atoms with Gasteiger partial charge in [-0.2, -0.15) is 0 Å². The van der Waals surface area contributed by atoms with E-state index in [-0.39, 0.29) is 5.92 Å². The number of carboxylic acid groups (broad SMARTS) is 1. The number of carboxylic acids is 1. The number of benzene rings is 1. The van der Waals surface area contributed by atoms with Crippen LogP contribution >= 0.6 is 15.9 Å². The summed E-state index contributed by atoms with van der Waals surface area (Å²) in [4.78, 5) is 11.0. The third-order valence-corrected chi connectivity index (χ3v) is 3.30. The van der Waals surface area contributed by atoms with Gasteiger partial charge in [-0.15, -0.1) is 0 Å². The van der Waals surface area contributed by atoms with Crippen molar-refractivity contribution in [1.29, 1.82) is 0 Å². The summed E-state index contributed by atoms with van der Waals surface area (Å²) in [5, 5.41) is 12.1. The van der Waals surface area contributed by atoms with Gasteiger partial charge in [0.05, 0.1) is 0 Å². The van der Waals surface area contributed by atoms with Gasteiger partial charge < -0.3 is 10.4 Å². The summed E-state index contributed by atoms with van der Waals surface area (Å²) >= 11 is 3.41. The summed E-state index contributed by atoms with van der Waals surface area (Å²) in [5.41, 5.74) is 1.92. The van der Waals surface area contributed by atoms with Crippen LogP contribution in [0.2, 0.25) is 0 Å². The maximum Gasteiger partial charge on any atom is 0.326 e. The van der Waals surface area contributed by atoms with Gasteiger partial charge in [0.25, 0.3) is 0 Å². The van der Waals surface area contributed by atoms with Gasteiger partial charge in [-0.05, 0) is 36.6 Å². The molecule has 0 heterocycles. The molecular formula is C12H16BrNO2. The van der Waals surface area contributed by atoms with E-state index in [9.17, 15) is 4.79 Å². The summed E-state index contributed by atoms with van der Waals surface area (Å²) in [6, 6.07) is 5.16. The first-order valence-electron chi connectivity index (χ1n) is 5.17. The first-order valence-corrected chi connectivity index (χ1v) is 5.96.